The highest BCUT2D eigenvalue weighted by atomic mass is 32.2. The monoisotopic (exact) mass is 428 g/mol. The molecule has 0 saturated carbocycles. The summed E-state index contributed by atoms with van der Waals surface area (Å²) in [4.78, 5) is 18.4. The second-order valence-corrected chi connectivity index (χ2v) is 9.00. The molecule has 0 spiro atoms. The number of hydrogen-bond donors (Lipinski definition) is 1. The minimum atomic E-state index is -3.79. The fraction of sp³-hybridized carbons (Fsp3) is 0.333. The van der Waals surface area contributed by atoms with Crippen LogP contribution in [0.2, 0.25) is 0 Å². The number of nitrogens with zero attached hydrogens (tertiary/aromatic N) is 3. The summed E-state index contributed by atoms with van der Waals surface area (Å²) in [7, 11) is -3.79. The second kappa shape index (κ2) is 8.45. The Balaban J connectivity index is 1.61. The van der Waals surface area contributed by atoms with Gasteiger partial charge in [0.2, 0.25) is 5.91 Å². The van der Waals surface area contributed by atoms with Crippen LogP contribution in [0.4, 0.5) is 11.5 Å². The zero-order chi connectivity index (χ0) is 21.1. The summed E-state index contributed by atoms with van der Waals surface area (Å²) < 4.78 is 33.5. The van der Waals surface area contributed by atoms with Crippen LogP contribution in [-0.4, -0.2) is 52.2 Å². The van der Waals surface area contributed by atoms with E-state index >= 15 is 0 Å². The highest BCUT2D eigenvalue weighted by molar-refractivity contribution is 7.92. The minimum Gasteiger partial charge on any atom is -0.378 e. The Morgan fingerprint density at radius 2 is 1.93 bits per heavy atom. The van der Waals surface area contributed by atoms with E-state index in [1.54, 1.807) is 24.3 Å². The van der Waals surface area contributed by atoms with Crippen LogP contribution >= 0.6 is 0 Å². The van der Waals surface area contributed by atoms with Crippen LogP contribution in [0.5, 0.6) is 0 Å². The number of pyridine rings is 1. The van der Waals surface area contributed by atoms with Crippen molar-refractivity contribution in [2.24, 2.45) is 0 Å². The summed E-state index contributed by atoms with van der Waals surface area (Å²) in [5, 5.41) is 2.87. The minimum absolute atomic E-state index is 0.142. The van der Waals surface area contributed by atoms with E-state index in [0.717, 1.165) is 24.5 Å². The van der Waals surface area contributed by atoms with Gasteiger partial charge in [0, 0.05) is 25.8 Å². The topological polar surface area (TPSA) is 91.8 Å². The summed E-state index contributed by atoms with van der Waals surface area (Å²) in [5.74, 6) is 0.456. The Labute approximate surface area is 176 Å². The Kier molecular flexibility index (Phi) is 5.74. The first-order valence-electron chi connectivity index (χ1n) is 9.84. The van der Waals surface area contributed by atoms with Crippen LogP contribution in [0.3, 0.4) is 0 Å². The number of carbonyl (C=O) groups excluding carboxylic acids is 1. The third-order valence-corrected chi connectivity index (χ3v) is 7.14. The molecule has 1 amide bonds. The van der Waals surface area contributed by atoms with Crippen LogP contribution in [0, 0.1) is 0 Å². The van der Waals surface area contributed by atoms with Gasteiger partial charge in [-0.05, 0) is 36.3 Å². The molecule has 1 aromatic carbocycles. The zero-order valence-corrected chi connectivity index (χ0v) is 17.3. The lowest BCUT2D eigenvalue weighted by molar-refractivity contribution is -0.117. The van der Waals surface area contributed by atoms with Crippen LogP contribution in [0.25, 0.3) is 0 Å². The van der Waals surface area contributed by atoms with Gasteiger partial charge < -0.3 is 15.0 Å². The molecule has 4 rings (SSSR count). The number of hydrogen-bond acceptors (Lipinski definition) is 6. The van der Waals surface area contributed by atoms with E-state index in [1.165, 1.54) is 16.6 Å². The molecule has 2 aliphatic rings. The number of carbonyl (C=O) groups is 1. The first-order chi connectivity index (χ1) is 14.5. The molecule has 2 aliphatic heterocycles. The summed E-state index contributed by atoms with van der Waals surface area (Å²) >= 11 is 0. The lowest BCUT2D eigenvalue weighted by Crippen LogP contribution is -2.40. The zero-order valence-electron chi connectivity index (χ0n) is 16.5. The fourth-order valence-corrected chi connectivity index (χ4v) is 5.25. The van der Waals surface area contributed by atoms with Crippen molar-refractivity contribution >= 4 is 27.4 Å². The predicted molar refractivity (Wildman–Crippen MR) is 114 cm³/mol. The van der Waals surface area contributed by atoms with Crippen molar-refractivity contribution in [3.8, 4) is 0 Å². The van der Waals surface area contributed by atoms with Gasteiger partial charge in [-0.2, -0.15) is 0 Å². The van der Waals surface area contributed by atoms with Gasteiger partial charge in [0.25, 0.3) is 10.0 Å². The van der Waals surface area contributed by atoms with Gasteiger partial charge in [-0.1, -0.05) is 24.8 Å². The molecular weight excluding hydrogens is 404 g/mol. The van der Waals surface area contributed by atoms with Crippen molar-refractivity contribution < 1.29 is 17.9 Å². The van der Waals surface area contributed by atoms with Crippen molar-refractivity contribution in [2.45, 2.75) is 17.4 Å². The summed E-state index contributed by atoms with van der Waals surface area (Å²) in [5.41, 5.74) is 1.33. The molecular formula is C21H24N4O4S. The molecule has 0 radical (unpaired) electrons. The number of anilines is 2. The Morgan fingerprint density at radius 3 is 2.63 bits per heavy atom. The largest absolute Gasteiger partial charge is 0.378 e. The number of para-hydroxylation sites is 1. The molecule has 158 valence electrons. The molecule has 0 bridgehead atoms. The Hall–Kier alpha value is -2.91. The Bertz CT molecular complexity index is 1030. The van der Waals surface area contributed by atoms with E-state index in [2.05, 4.69) is 21.8 Å². The van der Waals surface area contributed by atoms with E-state index in [-0.39, 0.29) is 23.4 Å². The maximum Gasteiger partial charge on any atom is 0.265 e. The number of fused-ring (bicyclic) bond motifs is 1. The molecule has 2 aromatic rings. The van der Waals surface area contributed by atoms with E-state index < -0.39 is 10.0 Å². The SMILES string of the molecule is C=CC(=O)NC1CCN(S(=O)(=O)c2ccc(N3CCOCC3)nc2)c2ccccc21. The summed E-state index contributed by atoms with van der Waals surface area (Å²) in [6.45, 7) is 6.47. The normalized spacial score (nSPS) is 19.1. The van der Waals surface area contributed by atoms with Gasteiger partial charge in [0.05, 0.1) is 24.9 Å². The lowest BCUT2D eigenvalue weighted by atomic mass is 9.98. The average Bonchev–Trinajstić information content (AvgIpc) is 2.79. The van der Waals surface area contributed by atoms with E-state index in [9.17, 15) is 13.2 Å². The molecule has 1 atom stereocenters. The van der Waals surface area contributed by atoms with Crippen LogP contribution in [0.15, 0.2) is 60.1 Å². The van der Waals surface area contributed by atoms with Crippen molar-refractivity contribution in [1.82, 2.24) is 10.3 Å². The standard InChI is InChI=1S/C21H24N4O4S/c1-2-21(26)23-18-9-10-25(19-6-4-3-5-17(18)19)30(27,28)16-7-8-20(22-15-16)24-11-13-29-14-12-24/h2-8,15,18H,1,9-14H2,(H,23,26). The Morgan fingerprint density at radius 1 is 1.17 bits per heavy atom. The predicted octanol–water partition coefficient (Wildman–Crippen LogP) is 1.86. The maximum atomic E-state index is 13.4. The molecule has 8 nitrogen and oxygen atoms in total. The van der Waals surface area contributed by atoms with E-state index in [1.807, 2.05) is 12.1 Å². The van der Waals surface area contributed by atoms with Crippen molar-refractivity contribution in [2.75, 3.05) is 42.1 Å². The maximum absolute atomic E-state index is 13.4. The average molecular weight is 429 g/mol. The molecule has 1 unspecified atom stereocenters. The smallest absolute Gasteiger partial charge is 0.265 e. The number of rotatable bonds is 5. The van der Waals surface area contributed by atoms with Gasteiger partial charge in [-0.25, -0.2) is 13.4 Å². The third-order valence-electron chi connectivity index (χ3n) is 5.35. The highest BCUT2D eigenvalue weighted by Gasteiger charge is 2.33. The fourth-order valence-electron chi connectivity index (χ4n) is 3.79. The number of aromatic nitrogens is 1. The first kappa shape index (κ1) is 20.4. The van der Waals surface area contributed by atoms with E-state index in [4.69, 9.17) is 4.74 Å². The lowest BCUT2D eigenvalue weighted by Gasteiger charge is -2.35. The van der Waals surface area contributed by atoms with Gasteiger partial charge in [0.15, 0.2) is 0 Å². The number of morpholine rings is 1. The number of ether oxygens (including phenoxy) is 1. The molecule has 1 saturated heterocycles. The second-order valence-electron chi connectivity index (χ2n) is 7.14. The molecule has 0 aliphatic carbocycles. The molecule has 1 N–H and O–H groups in total. The molecule has 9 heteroatoms. The van der Waals surface area contributed by atoms with E-state index in [0.29, 0.717) is 25.3 Å². The van der Waals surface area contributed by atoms with Crippen LogP contribution < -0.4 is 14.5 Å². The number of benzene rings is 1. The van der Waals surface area contributed by atoms with Crippen LogP contribution in [-0.2, 0) is 19.6 Å². The van der Waals surface area contributed by atoms with Gasteiger partial charge in [-0.15, -0.1) is 0 Å². The molecule has 1 aromatic heterocycles. The van der Waals surface area contributed by atoms with Gasteiger partial charge in [-0.3, -0.25) is 9.10 Å². The third kappa shape index (κ3) is 3.90. The quantitative estimate of drug-likeness (QED) is 0.731. The van der Waals surface area contributed by atoms with Gasteiger partial charge >= 0.3 is 0 Å². The number of sulfonamides is 1. The highest BCUT2D eigenvalue weighted by Crippen LogP contribution is 2.37. The van der Waals surface area contributed by atoms with Gasteiger partial charge in [0.1, 0.15) is 10.7 Å². The number of nitrogens with one attached hydrogen (secondary N) is 1. The van der Waals surface area contributed by atoms with Crippen molar-refractivity contribution in [3.05, 3.63) is 60.8 Å². The van der Waals surface area contributed by atoms with Crippen molar-refractivity contribution in [1.29, 1.82) is 0 Å². The number of amides is 1. The first-order valence-corrected chi connectivity index (χ1v) is 11.3. The molecule has 3 heterocycles. The summed E-state index contributed by atoms with van der Waals surface area (Å²) in [6.07, 6.45) is 3.09. The molecule has 1 fully saturated rings. The molecule has 30 heavy (non-hydrogen) atoms. The van der Waals surface area contributed by atoms with Crippen LogP contribution in [0.1, 0.15) is 18.0 Å². The van der Waals surface area contributed by atoms with Crippen molar-refractivity contribution in [3.63, 3.8) is 0 Å². The summed E-state index contributed by atoms with van der Waals surface area (Å²) in [6, 6.07) is 10.3.